The van der Waals surface area contributed by atoms with Gasteiger partial charge in [-0.25, -0.2) is 0 Å². The van der Waals surface area contributed by atoms with Gasteiger partial charge in [0.15, 0.2) is 0 Å². The van der Waals surface area contributed by atoms with Crippen LogP contribution in [0.5, 0.6) is 0 Å². The van der Waals surface area contributed by atoms with E-state index in [9.17, 15) is 0 Å². The van der Waals surface area contributed by atoms with Crippen molar-refractivity contribution in [2.24, 2.45) is 11.5 Å². The number of nitrogens with two attached hydrogens (primary N) is 2. The van der Waals surface area contributed by atoms with Crippen molar-refractivity contribution >= 4 is 23.9 Å². The number of carboxylic acids is 4. The number of aliphatic carboxylic acids is 4. The zero-order valence-electron chi connectivity index (χ0n) is 19.9. The van der Waals surface area contributed by atoms with E-state index in [0.29, 0.717) is 6.54 Å². The SMILES string of the molecule is CC(=O)O.CC(=O)O.CC(=O)O.CC(=O)O.N[CH-]CN.O.O.[H-].[H-].[H-].[Na+].[Na+].[Na+].[Na+]. The maximum absolute atomic E-state index is 9.00. The number of carboxylic acid groups (broad SMARTS) is 4. The van der Waals surface area contributed by atoms with Crippen molar-refractivity contribution in [1.29, 1.82) is 0 Å². The van der Waals surface area contributed by atoms with Crippen LogP contribution in [0.4, 0.5) is 0 Å². The van der Waals surface area contributed by atoms with E-state index in [1.165, 1.54) is 6.54 Å². The Bertz CT molecular complexity index is 222. The molecule has 0 aromatic heterocycles. The van der Waals surface area contributed by atoms with Gasteiger partial charge in [0.25, 0.3) is 23.9 Å². The van der Waals surface area contributed by atoms with Crippen LogP contribution in [0.25, 0.3) is 0 Å². The van der Waals surface area contributed by atoms with E-state index >= 15 is 0 Å². The molecular formula is C10H30N2Na4O10. The summed E-state index contributed by atoms with van der Waals surface area (Å²) in [4.78, 5) is 36.0. The fourth-order valence-electron chi connectivity index (χ4n) is 0. The molecule has 0 spiro atoms. The molecule has 0 aliphatic carbocycles. The largest absolute Gasteiger partial charge is 1.00 e. The summed E-state index contributed by atoms with van der Waals surface area (Å²) in [5.41, 5.74) is 9.62. The van der Waals surface area contributed by atoms with Gasteiger partial charge in [0.2, 0.25) is 0 Å². The van der Waals surface area contributed by atoms with Crippen LogP contribution >= 0.6 is 0 Å². The van der Waals surface area contributed by atoms with Crippen LogP contribution in [0.15, 0.2) is 0 Å². The average molecular weight is 430 g/mol. The van der Waals surface area contributed by atoms with Crippen LogP contribution in [0.3, 0.4) is 0 Å². The molecule has 16 heteroatoms. The molecule has 0 atom stereocenters. The Balaban J connectivity index is -0.00000000750. The molecule has 12 nitrogen and oxygen atoms in total. The molecule has 26 heavy (non-hydrogen) atoms. The number of hydrogen-bond acceptors (Lipinski definition) is 6. The summed E-state index contributed by atoms with van der Waals surface area (Å²) in [6.07, 6.45) is 0. The second kappa shape index (κ2) is 71.5. The van der Waals surface area contributed by atoms with Crippen LogP contribution in [0, 0.1) is 6.54 Å². The molecule has 0 aromatic rings. The molecule has 0 aliphatic heterocycles. The Labute approximate surface area is 246 Å². The van der Waals surface area contributed by atoms with Gasteiger partial charge in [-0.3, -0.25) is 25.7 Å². The third kappa shape index (κ3) is 2120. The van der Waals surface area contributed by atoms with Crippen LogP contribution < -0.4 is 130 Å². The van der Waals surface area contributed by atoms with E-state index in [1.54, 1.807) is 0 Å². The van der Waals surface area contributed by atoms with Crippen LogP contribution in [0.1, 0.15) is 32.0 Å². The molecule has 0 heterocycles. The minimum atomic E-state index is -0.833. The van der Waals surface area contributed by atoms with Gasteiger partial charge in [-0.15, -0.1) is 6.54 Å². The minimum Gasteiger partial charge on any atom is -1.00 e. The van der Waals surface area contributed by atoms with Crippen molar-refractivity contribution < 1.29 is 173 Å². The minimum absolute atomic E-state index is 0. The van der Waals surface area contributed by atoms with E-state index < -0.39 is 23.9 Å². The monoisotopic (exact) mass is 430 g/mol. The van der Waals surface area contributed by atoms with Crippen LogP contribution in [-0.2, 0) is 19.2 Å². The molecule has 144 valence electrons. The number of hydrogen-bond donors (Lipinski definition) is 6. The summed E-state index contributed by atoms with van der Waals surface area (Å²) in [7, 11) is 0. The second-order valence-electron chi connectivity index (χ2n) is 2.55. The fourth-order valence-corrected chi connectivity index (χ4v) is 0. The quantitative estimate of drug-likeness (QED) is 0.169. The molecule has 0 radical (unpaired) electrons. The molecule has 0 aliphatic rings. The van der Waals surface area contributed by atoms with Crippen LogP contribution in [0.2, 0.25) is 0 Å². The molecular weight excluding hydrogens is 400 g/mol. The van der Waals surface area contributed by atoms with Gasteiger partial charge in [0, 0.05) is 27.7 Å². The first-order valence-corrected chi connectivity index (χ1v) is 4.86. The van der Waals surface area contributed by atoms with Crippen molar-refractivity contribution in [1.82, 2.24) is 0 Å². The first-order valence-electron chi connectivity index (χ1n) is 4.86. The molecule has 0 bridgehead atoms. The maximum Gasteiger partial charge on any atom is 1.00 e. The predicted octanol–water partition coefficient (Wildman–Crippen LogP) is -13.9. The summed E-state index contributed by atoms with van der Waals surface area (Å²) in [6.45, 7) is 6.21. The van der Waals surface area contributed by atoms with Gasteiger partial charge in [-0.1, -0.05) is 0 Å². The zero-order chi connectivity index (χ0) is 17.7. The predicted molar refractivity (Wildman–Crippen MR) is 81.3 cm³/mol. The molecule has 0 amide bonds. The third-order valence-electron chi connectivity index (χ3n) is 0.136. The summed E-state index contributed by atoms with van der Waals surface area (Å²) < 4.78 is 0. The van der Waals surface area contributed by atoms with E-state index in [4.69, 9.17) is 51.1 Å². The van der Waals surface area contributed by atoms with Gasteiger partial charge in [0.1, 0.15) is 0 Å². The summed E-state index contributed by atoms with van der Waals surface area (Å²) in [5.74, 6) is -3.33. The van der Waals surface area contributed by atoms with Gasteiger partial charge in [-0.2, -0.15) is 0 Å². The summed E-state index contributed by atoms with van der Waals surface area (Å²) in [5, 5.41) is 29.7. The topological polar surface area (TPSA) is 264 Å². The smallest absolute Gasteiger partial charge is 1.00 e. The van der Waals surface area contributed by atoms with E-state index in [1.807, 2.05) is 0 Å². The van der Waals surface area contributed by atoms with E-state index in [0.717, 1.165) is 27.7 Å². The Kier molecular flexibility index (Phi) is 195. The fraction of sp³-hybridized carbons (Fsp3) is 0.500. The van der Waals surface area contributed by atoms with Gasteiger partial charge >= 0.3 is 118 Å². The second-order valence-corrected chi connectivity index (χ2v) is 2.55. The molecule has 0 aromatic carbocycles. The Morgan fingerprint density at radius 1 is 0.692 bits per heavy atom. The third-order valence-corrected chi connectivity index (χ3v) is 0.136. The molecule has 0 saturated carbocycles. The first kappa shape index (κ1) is 70.8. The molecule has 12 N–H and O–H groups in total. The van der Waals surface area contributed by atoms with Gasteiger partial charge in [0.05, 0.1) is 0 Å². The normalized spacial score (nSPS) is 5.00. The number of rotatable bonds is 1. The standard InChI is InChI=1S/C2H7N2.4C2H4O2.4Na.2H2O.3H/c3-1-2-4;4*1-2(3)4;;;;;;;;;/h1H,2-4H2;4*1H3,(H,3,4);;;;;2*1H2;;;/q-1;;;;;4*+1;;;3*-1. The Morgan fingerprint density at radius 2 is 0.731 bits per heavy atom. The maximum atomic E-state index is 9.00. The van der Waals surface area contributed by atoms with Gasteiger partial charge in [-0.05, 0) is 0 Å². The Hall–Kier alpha value is 1.72. The molecule has 0 saturated heterocycles. The van der Waals surface area contributed by atoms with E-state index in [2.05, 4.69) is 0 Å². The summed E-state index contributed by atoms with van der Waals surface area (Å²) in [6, 6.07) is 0. The average Bonchev–Trinajstić information content (AvgIpc) is 2.13. The summed E-state index contributed by atoms with van der Waals surface area (Å²) >= 11 is 0. The molecule has 0 fully saturated rings. The Morgan fingerprint density at radius 3 is 0.731 bits per heavy atom. The van der Waals surface area contributed by atoms with Crippen molar-refractivity contribution in [2.45, 2.75) is 27.7 Å². The molecule has 0 rings (SSSR count). The number of carbonyl (C=O) groups is 4. The molecule has 0 unspecified atom stereocenters. The van der Waals surface area contributed by atoms with E-state index in [-0.39, 0.29) is 133 Å². The van der Waals surface area contributed by atoms with Gasteiger partial charge < -0.3 is 47.1 Å². The van der Waals surface area contributed by atoms with Crippen LogP contribution in [-0.4, -0.2) is 61.8 Å². The zero-order valence-corrected chi connectivity index (χ0v) is 24.9. The van der Waals surface area contributed by atoms with Crippen molar-refractivity contribution in [3.05, 3.63) is 6.54 Å². The van der Waals surface area contributed by atoms with Crippen molar-refractivity contribution in [3.8, 4) is 0 Å². The van der Waals surface area contributed by atoms with Crippen molar-refractivity contribution in [3.63, 3.8) is 0 Å². The van der Waals surface area contributed by atoms with Crippen molar-refractivity contribution in [2.75, 3.05) is 6.54 Å². The first-order chi connectivity index (χ1) is 8.84.